The molecule has 1 N–H and O–H groups in total. The molecule has 0 unspecified atom stereocenters. The van der Waals surface area contributed by atoms with E-state index in [1.54, 1.807) is 37.3 Å². The molecule has 0 spiro atoms. The molecule has 0 radical (unpaired) electrons. The van der Waals surface area contributed by atoms with Gasteiger partial charge in [0.25, 0.3) is 5.91 Å². The Bertz CT molecular complexity index is 665. The topological polar surface area (TPSA) is 55.4 Å². The standard InChI is InChI=1S/C17H17NO3/c1-3-21-17(20)14-8-5-9-15(11-14)18-16(19)13-7-4-6-12(2)10-13/h4-11H,3H2,1-2H3,(H,18,19). The number of carbonyl (C=O) groups excluding carboxylic acids is 2. The molecule has 0 heterocycles. The Morgan fingerprint density at radius 2 is 1.76 bits per heavy atom. The maximum Gasteiger partial charge on any atom is 0.338 e. The molecule has 2 aromatic carbocycles. The fourth-order valence-corrected chi connectivity index (χ4v) is 1.93. The first-order valence-electron chi connectivity index (χ1n) is 6.75. The molecule has 2 aromatic rings. The van der Waals surface area contributed by atoms with E-state index in [-0.39, 0.29) is 5.91 Å². The monoisotopic (exact) mass is 283 g/mol. The van der Waals surface area contributed by atoms with Gasteiger partial charge in [-0.3, -0.25) is 4.79 Å². The number of esters is 1. The molecule has 0 atom stereocenters. The summed E-state index contributed by atoms with van der Waals surface area (Å²) in [6, 6.07) is 14.0. The van der Waals surface area contributed by atoms with E-state index in [1.807, 2.05) is 25.1 Å². The molecule has 0 saturated heterocycles. The molecule has 0 saturated carbocycles. The van der Waals surface area contributed by atoms with Gasteiger partial charge in [-0.25, -0.2) is 4.79 Å². The molecule has 0 aromatic heterocycles. The van der Waals surface area contributed by atoms with Crippen LogP contribution in [0, 0.1) is 6.92 Å². The number of ether oxygens (including phenoxy) is 1. The lowest BCUT2D eigenvalue weighted by Crippen LogP contribution is -2.13. The molecule has 0 fully saturated rings. The maximum atomic E-state index is 12.1. The highest BCUT2D eigenvalue weighted by Crippen LogP contribution is 2.14. The van der Waals surface area contributed by atoms with E-state index in [9.17, 15) is 9.59 Å². The minimum atomic E-state index is -0.399. The van der Waals surface area contributed by atoms with Crippen molar-refractivity contribution in [2.75, 3.05) is 11.9 Å². The number of amides is 1. The number of hydrogen-bond acceptors (Lipinski definition) is 3. The van der Waals surface area contributed by atoms with Crippen LogP contribution in [0.4, 0.5) is 5.69 Å². The van der Waals surface area contributed by atoms with E-state index in [0.717, 1.165) is 5.56 Å². The summed E-state index contributed by atoms with van der Waals surface area (Å²) in [5.41, 5.74) is 2.57. The zero-order valence-corrected chi connectivity index (χ0v) is 12.1. The van der Waals surface area contributed by atoms with Crippen molar-refractivity contribution < 1.29 is 14.3 Å². The molecule has 4 heteroatoms. The van der Waals surface area contributed by atoms with Crippen molar-refractivity contribution in [2.24, 2.45) is 0 Å². The van der Waals surface area contributed by atoms with Gasteiger partial charge in [-0.15, -0.1) is 0 Å². The highest BCUT2D eigenvalue weighted by molar-refractivity contribution is 6.05. The van der Waals surface area contributed by atoms with Crippen molar-refractivity contribution in [3.05, 3.63) is 65.2 Å². The minimum Gasteiger partial charge on any atom is -0.462 e. The van der Waals surface area contributed by atoms with Gasteiger partial charge >= 0.3 is 5.97 Å². The van der Waals surface area contributed by atoms with Gasteiger partial charge in [0, 0.05) is 11.3 Å². The lowest BCUT2D eigenvalue weighted by molar-refractivity contribution is 0.0526. The number of hydrogen-bond donors (Lipinski definition) is 1. The second-order valence-corrected chi connectivity index (χ2v) is 4.62. The first-order chi connectivity index (χ1) is 10.1. The van der Waals surface area contributed by atoms with Gasteiger partial charge in [0.1, 0.15) is 0 Å². The summed E-state index contributed by atoms with van der Waals surface area (Å²) in [5, 5.41) is 2.78. The number of carbonyl (C=O) groups is 2. The van der Waals surface area contributed by atoms with Crippen molar-refractivity contribution in [3.8, 4) is 0 Å². The molecule has 2 rings (SSSR count). The Morgan fingerprint density at radius 1 is 1.05 bits per heavy atom. The lowest BCUT2D eigenvalue weighted by atomic mass is 10.1. The van der Waals surface area contributed by atoms with E-state index >= 15 is 0 Å². The number of anilines is 1. The van der Waals surface area contributed by atoms with Crippen LogP contribution in [0.15, 0.2) is 48.5 Å². The third-order valence-corrected chi connectivity index (χ3v) is 2.91. The molecule has 0 aliphatic heterocycles. The van der Waals surface area contributed by atoms with E-state index in [4.69, 9.17) is 4.74 Å². The van der Waals surface area contributed by atoms with Crippen molar-refractivity contribution in [3.63, 3.8) is 0 Å². The maximum absolute atomic E-state index is 12.1. The quantitative estimate of drug-likeness (QED) is 0.875. The van der Waals surface area contributed by atoms with Crippen LogP contribution in [0.2, 0.25) is 0 Å². The van der Waals surface area contributed by atoms with E-state index in [2.05, 4.69) is 5.32 Å². The SMILES string of the molecule is CCOC(=O)c1cccc(NC(=O)c2cccc(C)c2)c1. The van der Waals surface area contributed by atoms with Crippen molar-refractivity contribution in [1.29, 1.82) is 0 Å². The predicted molar refractivity (Wildman–Crippen MR) is 81.5 cm³/mol. The number of rotatable bonds is 4. The number of benzene rings is 2. The van der Waals surface area contributed by atoms with Crippen LogP contribution in [0.1, 0.15) is 33.2 Å². The molecule has 108 valence electrons. The van der Waals surface area contributed by atoms with Crippen molar-refractivity contribution >= 4 is 17.6 Å². The fraction of sp³-hybridized carbons (Fsp3) is 0.176. The van der Waals surface area contributed by atoms with Gasteiger partial charge in [-0.05, 0) is 44.2 Å². The van der Waals surface area contributed by atoms with Crippen molar-refractivity contribution in [1.82, 2.24) is 0 Å². The zero-order chi connectivity index (χ0) is 15.2. The van der Waals surface area contributed by atoms with Crippen LogP contribution < -0.4 is 5.32 Å². The van der Waals surface area contributed by atoms with E-state index < -0.39 is 5.97 Å². The average molecular weight is 283 g/mol. The summed E-state index contributed by atoms with van der Waals surface area (Å²) in [5.74, 6) is -0.608. The highest BCUT2D eigenvalue weighted by atomic mass is 16.5. The van der Waals surface area contributed by atoms with Gasteiger partial charge in [0.15, 0.2) is 0 Å². The molecular formula is C17H17NO3. The van der Waals surface area contributed by atoms with Crippen molar-refractivity contribution in [2.45, 2.75) is 13.8 Å². The summed E-state index contributed by atoms with van der Waals surface area (Å²) in [6.45, 7) is 4.00. The molecule has 0 aliphatic carbocycles. The smallest absolute Gasteiger partial charge is 0.338 e. The summed E-state index contributed by atoms with van der Waals surface area (Å²) < 4.78 is 4.94. The summed E-state index contributed by atoms with van der Waals surface area (Å²) in [6.07, 6.45) is 0. The lowest BCUT2D eigenvalue weighted by Gasteiger charge is -2.07. The van der Waals surface area contributed by atoms with E-state index in [0.29, 0.717) is 23.4 Å². The zero-order valence-electron chi connectivity index (χ0n) is 12.1. The Labute approximate surface area is 123 Å². The van der Waals surface area contributed by atoms with Crippen LogP contribution in [-0.4, -0.2) is 18.5 Å². The fourth-order valence-electron chi connectivity index (χ4n) is 1.93. The average Bonchev–Trinajstić information content (AvgIpc) is 2.48. The largest absolute Gasteiger partial charge is 0.462 e. The number of nitrogens with one attached hydrogen (secondary N) is 1. The van der Waals surface area contributed by atoms with Crippen LogP contribution in [0.25, 0.3) is 0 Å². The second kappa shape index (κ2) is 6.70. The predicted octanol–water partition coefficient (Wildman–Crippen LogP) is 3.42. The molecule has 1 amide bonds. The van der Waals surface area contributed by atoms with Crippen LogP contribution >= 0.6 is 0 Å². The normalized spacial score (nSPS) is 10.0. The third-order valence-electron chi connectivity index (χ3n) is 2.91. The molecule has 21 heavy (non-hydrogen) atoms. The van der Waals surface area contributed by atoms with Crippen LogP contribution in [0.3, 0.4) is 0 Å². The highest BCUT2D eigenvalue weighted by Gasteiger charge is 2.09. The van der Waals surface area contributed by atoms with Crippen LogP contribution in [-0.2, 0) is 4.74 Å². The van der Waals surface area contributed by atoms with Gasteiger partial charge < -0.3 is 10.1 Å². The van der Waals surface area contributed by atoms with Gasteiger partial charge in [-0.1, -0.05) is 23.8 Å². The Morgan fingerprint density at radius 3 is 2.48 bits per heavy atom. The van der Waals surface area contributed by atoms with E-state index in [1.165, 1.54) is 0 Å². The van der Waals surface area contributed by atoms with Gasteiger partial charge in [0.05, 0.1) is 12.2 Å². The Hall–Kier alpha value is -2.62. The molecule has 4 nitrogen and oxygen atoms in total. The number of aryl methyl sites for hydroxylation is 1. The summed E-state index contributed by atoms with van der Waals surface area (Å²) in [4.78, 5) is 23.8. The second-order valence-electron chi connectivity index (χ2n) is 4.62. The van der Waals surface area contributed by atoms with Gasteiger partial charge in [-0.2, -0.15) is 0 Å². The third kappa shape index (κ3) is 3.92. The first-order valence-corrected chi connectivity index (χ1v) is 6.75. The van der Waals surface area contributed by atoms with Crippen LogP contribution in [0.5, 0.6) is 0 Å². The Kier molecular flexibility index (Phi) is 4.72. The summed E-state index contributed by atoms with van der Waals surface area (Å²) >= 11 is 0. The molecular weight excluding hydrogens is 266 g/mol. The summed E-state index contributed by atoms with van der Waals surface area (Å²) in [7, 11) is 0. The minimum absolute atomic E-state index is 0.209. The Balaban J connectivity index is 2.14. The molecule has 0 aliphatic rings. The molecule has 0 bridgehead atoms. The van der Waals surface area contributed by atoms with Gasteiger partial charge in [0.2, 0.25) is 0 Å². The first kappa shape index (κ1) is 14.8.